The second-order valence-electron chi connectivity index (χ2n) is 7.70. The van der Waals surface area contributed by atoms with Gasteiger partial charge in [0.2, 0.25) is 5.91 Å². The van der Waals surface area contributed by atoms with Crippen LogP contribution in [0.1, 0.15) is 47.7 Å². The molecule has 3 rings (SSSR count). The van der Waals surface area contributed by atoms with Crippen LogP contribution in [-0.4, -0.2) is 41.3 Å². The van der Waals surface area contributed by atoms with Crippen molar-refractivity contribution in [2.24, 2.45) is 5.92 Å². The first-order valence-corrected chi connectivity index (χ1v) is 10.4. The maximum Gasteiger partial charge on any atom is 0.257 e. The lowest BCUT2D eigenvalue weighted by Gasteiger charge is -2.20. The first-order valence-electron chi connectivity index (χ1n) is 10.4. The van der Waals surface area contributed by atoms with E-state index < -0.39 is 0 Å². The third kappa shape index (κ3) is 6.12. The van der Waals surface area contributed by atoms with Crippen molar-refractivity contribution in [2.45, 2.75) is 39.7 Å². The minimum Gasteiger partial charge on any atom is -0.356 e. The summed E-state index contributed by atoms with van der Waals surface area (Å²) in [6.45, 7) is 7.28. The fourth-order valence-electron chi connectivity index (χ4n) is 3.78. The van der Waals surface area contributed by atoms with E-state index in [9.17, 15) is 9.59 Å². The van der Waals surface area contributed by atoms with E-state index in [0.717, 1.165) is 55.7 Å². The molecule has 6 heteroatoms. The molecule has 1 aromatic heterocycles. The molecule has 1 aliphatic rings. The molecular formula is C23H30N4O2. The number of pyridine rings is 1. The zero-order valence-electron chi connectivity index (χ0n) is 17.3. The van der Waals surface area contributed by atoms with Crippen LogP contribution in [0.25, 0.3) is 0 Å². The van der Waals surface area contributed by atoms with Crippen molar-refractivity contribution in [3.05, 3.63) is 59.4 Å². The number of amides is 2. The monoisotopic (exact) mass is 394 g/mol. The summed E-state index contributed by atoms with van der Waals surface area (Å²) in [7, 11) is 0. The van der Waals surface area contributed by atoms with Gasteiger partial charge in [-0.25, -0.2) is 0 Å². The Morgan fingerprint density at radius 1 is 1.17 bits per heavy atom. The predicted octanol–water partition coefficient (Wildman–Crippen LogP) is 3.38. The number of aromatic nitrogens is 1. The van der Waals surface area contributed by atoms with Gasteiger partial charge in [0.1, 0.15) is 0 Å². The standard InChI is InChI=1S/C23H30N4O2/c1-3-25-22(28)19-7-5-10-27(11-9-19)16-18-6-4-8-21(13-18)26-23(29)20-12-17(2)14-24-15-20/h4,6,8,12-15,19H,3,5,7,9-11,16H2,1-2H3,(H,25,28)(H,26,29). The highest BCUT2D eigenvalue weighted by Crippen LogP contribution is 2.20. The molecule has 2 aromatic rings. The summed E-state index contributed by atoms with van der Waals surface area (Å²) in [4.78, 5) is 31.1. The van der Waals surface area contributed by atoms with Crippen LogP contribution in [0.15, 0.2) is 42.7 Å². The number of nitrogens with zero attached hydrogens (tertiary/aromatic N) is 2. The average Bonchev–Trinajstić information content (AvgIpc) is 2.94. The number of anilines is 1. The molecule has 0 spiro atoms. The Morgan fingerprint density at radius 2 is 2.03 bits per heavy atom. The molecule has 2 heterocycles. The molecule has 0 radical (unpaired) electrons. The van der Waals surface area contributed by atoms with Crippen molar-refractivity contribution < 1.29 is 9.59 Å². The Kier molecular flexibility index (Phi) is 7.36. The summed E-state index contributed by atoms with van der Waals surface area (Å²) in [5.74, 6) is 0.149. The van der Waals surface area contributed by atoms with Crippen molar-refractivity contribution in [1.29, 1.82) is 0 Å². The van der Waals surface area contributed by atoms with Crippen LogP contribution < -0.4 is 10.6 Å². The lowest BCUT2D eigenvalue weighted by molar-refractivity contribution is -0.125. The van der Waals surface area contributed by atoms with E-state index >= 15 is 0 Å². The van der Waals surface area contributed by atoms with Gasteiger partial charge in [0, 0.05) is 37.1 Å². The predicted molar refractivity (Wildman–Crippen MR) is 115 cm³/mol. The maximum absolute atomic E-state index is 12.5. The molecule has 1 saturated heterocycles. The average molecular weight is 395 g/mol. The Morgan fingerprint density at radius 3 is 2.83 bits per heavy atom. The second kappa shape index (κ2) is 10.2. The highest BCUT2D eigenvalue weighted by Gasteiger charge is 2.22. The van der Waals surface area contributed by atoms with E-state index in [4.69, 9.17) is 0 Å². The van der Waals surface area contributed by atoms with Crippen LogP contribution in [0.2, 0.25) is 0 Å². The fraction of sp³-hybridized carbons (Fsp3) is 0.435. The molecule has 1 fully saturated rings. The minimum atomic E-state index is -0.155. The van der Waals surface area contributed by atoms with E-state index in [1.54, 1.807) is 12.4 Å². The number of rotatable bonds is 6. The molecule has 29 heavy (non-hydrogen) atoms. The van der Waals surface area contributed by atoms with Gasteiger partial charge >= 0.3 is 0 Å². The van der Waals surface area contributed by atoms with Crippen LogP contribution in [0.3, 0.4) is 0 Å². The molecule has 0 bridgehead atoms. The van der Waals surface area contributed by atoms with Crippen LogP contribution >= 0.6 is 0 Å². The number of likely N-dealkylation sites (tertiary alicyclic amines) is 1. The van der Waals surface area contributed by atoms with Crippen molar-refractivity contribution in [2.75, 3.05) is 25.0 Å². The maximum atomic E-state index is 12.5. The van der Waals surface area contributed by atoms with Gasteiger partial charge in [-0.15, -0.1) is 0 Å². The van der Waals surface area contributed by atoms with E-state index in [0.29, 0.717) is 12.1 Å². The number of benzene rings is 1. The quantitative estimate of drug-likeness (QED) is 0.788. The molecule has 0 saturated carbocycles. The summed E-state index contributed by atoms with van der Waals surface area (Å²) in [6, 6.07) is 9.80. The minimum absolute atomic E-state index is 0.119. The summed E-state index contributed by atoms with van der Waals surface area (Å²) >= 11 is 0. The Labute approximate surface area is 172 Å². The molecule has 6 nitrogen and oxygen atoms in total. The lowest BCUT2D eigenvalue weighted by atomic mass is 10.00. The molecule has 2 N–H and O–H groups in total. The van der Waals surface area contributed by atoms with Gasteiger partial charge in [-0.05, 0) is 75.5 Å². The smallest absolute Gasteiger partial charge is 0.257 e. The highest BCUT2D eigenvalue weighted by atomic mass is 16.2. The van der Waals surface area contributed by atoms with Gasteiger partial charge in [0.05, 0.1) is 5.56 Å². The van der Waals surface area contributed by atoms with Crippen molar-refractivity contribution in [3.8, 4) is 0 Å². The van der Waals surface area contributed by atoms with Crippen LogP contribution in [-0.2, 0) is 11.3 Å². The largest absolute Gasteiger partial charge is 0.356 e. The third-order valence-corrected chi connectivity index (χ3v) is 5.27. The Hall–Kier alpha value is -2.73. The summed E-state index contributed by atoms with van der Waals surface area (Å²) < 4.78 is 0. The molecule has 1 atom stereocenters. The van der Waals surface area contributed by atoms with Crippen LogP contribution in [0.4, 0.5) is 5.69 Å². The number of hydrogen-bond acceptors (Lipinski definition) is 4. The molecule has 1 aliphatic heterocycles. The Bertz CT molecular complexity index is 852. The number of aryl methyl sites for hydroxylation is 1. The summed E-state index contributed by atoms with van der Waals surface area (Å²) in [6.07, 6.45) is 6.17. The normalized spacial score (nSPS) is 17.4. The number of carbonyl (C=O) groups excluding carboxylic acids is 2. The number of nitrogens with one attached hydrogen (secondary N) is 2. The summed E-state index contributed by atoms with van der Waals surface area (Å²) in [5.41, 5.74) is 3.45. The molecule has 1 aromatic carbocycles. The van der Waals surface area contributed by atoms with Crippen molar-refractivity contribution in [3.63, 3.8) is 0 Å². The van der Waals surface area contributed by atoms with Gasteiger partial charge in [-0.2, -0.15) is 0 Å². The third-order valence-electron chi connectivity index (χ3n) is 5.27. The fourth-order valence-corrected chi connectivity index (χ4v) is 3.78. The van der Waals surface area contributed by atoms with Gasteiger partial charge < -0.3 is 10.6 Å². The number of hydrogen-bond donors (Lipinski definition) is 2. The van der Waals surface area contributed by atoms with Crippen LogP contribution in [0.5, 0.6) is 0 Å². The van der Waals surface area contributed by atoms with Gasteiger partial charge in [-0.1, -0.05) is 12.1 Å². The molecule has 1 unspecified atom stereocenters. The summed E-state index contributed by atoms with van der Waals surface area (Å²) in [5, 5.41) is 5.91. The van der Waals surface area contributed by atoms with Gasteiger partial charge in [0.15, 0.2) is 0 Å². The first-order chi connectivity index (χ1) is 14.0. The first kappa shape index (κ1) is 21.0. The lowest BCUT2D eigenvalue weighted by Crippen LogP contribution is -2.31. The SMILES string of the molecule is CCNC(=O)C1CCCN(Cc2cccc(NC(=O)c3cncc(C)c3)c2)CC1. The van der Waals surface area contributed by atoms with Gasteiger partial charge in [-0.3, -0.25) is 19.5 Å². The Balaban J connectivity index is 1.58. The van der Waals surface area contributed by atoms with Crippen molar-refractivity contribution >= 4 is 17.5 Å². The van der Waals surface area contributed by atoms with E-state index in [1.807, 2.05) is 38.1 Å². The van der Waals surface area contributed by atoms with E-state index in [1.165, 1.54) is 0 Å². The van der Waals surface area contributed by atoms with E-state index in [-0.39, 0.29) is 17.7 Å². The molecule has 154 valence electrons. The zero-order valence-corrected chi connectivity index (χ0v) is 17.3. The van der Waals surface area contributed by atoms with E-state index in [2.05, 4.69) is 26.6 Å². The molecule has 2 amide bonds. The zero-order chi connectivity index (χ0) is 20.6. The van der Waals surface area contributed by atoms with Gasteiger partial charge in [0.25, 0.3) is 5.91 Å². The molecular weight excluding hydrogens is 364 g/mol. The second-order valence-corrected chi connectivity index (χ2v) is 7.70. The highest BCUT2D eigenvalue weighted by molar-refractivity contribution is 6.04. The van der Waals surface area contributed by atoms with Crippen LogP contribution in [0, 0.1) is 12.8 Å². The molecule has 0 aliphatic carbocycles. The van der Waals surface area contributed by atoms with Crippen molar-refractivity contribution in [1.82, 2.24) is 15.2 Å². The topological polar surface area (TPSA) is 74.3 Å². The number of carbonyl (C=O) groups is 2.